The zero-order valence-corrected chi connectivity index (χ0v) is 8.56. The van der Waals surface area contributed by atoms with Gasteiger partial charge in [-0.15, -0.1) is 6.42 Å². The average molecular weight is 178 g/mol. The lowest BCUT2D eigenvalue weighted by atomic mass is 9.89. The highest BCUT2D eigenvalue weighted by Gasteiger charge is 2.14. The van der Waals surface area contributed by atoms with Gasteiger partial charge < -0.3 is 5.32 Å². The normalized spacial score (nSPS) is 10.5. The summed E-state index contributed by atoms with van der Waals surface area (Å²) in [7, 11) is 0. The van der Waals surface area contributed by atoms with Gasteiger partial charge in [0.1, 0.15) is 0 Å². The van der Waals surface area contributed by atoms with E-state index in [0.29, 0.717) is 6.54 Å². The first-order valence-electron chi connectivity index (χ1n) is 4.68. The summed E-state index contributed by atoms with van der Waals surface area (Å²) in [5.74, 6) is 2.52. The Kier molecular flexibility index (Phi) is 6.02. The molecule has 72 valence electrons. The van der Waals surface area contributed by atoms with Gasteiger partial charge >= 0.3 is 0 Å². The molecule has 0 amide bonds. The van der Waals surface area contributed by atoms with Gasteiger partial charge in [0.15, 0.2) is 0 Å². The van der Waals surface area contributed by atoms with Crippen molar-refractivity contribution in [1.29, 1.82) is 5.26 Å². The second-order valence-corrected chi connectivity index (χ2v) is 3.83. The molecule has 13 heavy (non-hydrogen) atoms. The molecule has 0 fully saturated rings. The Bertz CT molecular complexity index is 205. The molecule has 1 N–H and O–H groups in total. The van der Waals surface area contributed by atoms with Crippen LogP contribution in [0.25, 0.3) is 0 Å². The van der Waals surface area contributed by atoms with Crippen LogP contribution in [-0.2, 0) is 0 Å². The van der Waals surface area contributed by atoms with Crippen LogP contribution in [0, 0.1) is 29.1 Å². The number of nitriles is 1. The maximum absolute atomic E-state index is 8.74. The molecule has 0 bridgehead atoms. The molecule has 0 saturated heterocycles. The molecule has 0 atom stereocenters. The lowest BCUT2D eigenvalue weighted by molar-refractivity contribution is 0.424. The maximum atomic E-state index is 8.74. The van der Waals surface area contributed by atoms with Crippen molar-refractivity contribution in [3.05, 3.63) is 0 Å². The van der Waals surface area contributed by atoms with Crippen molar-refractivity contribution in [2.75, 3.05) is 13.1 Å². The van der Waals surface area contributed by atoms with Gasteiger partial charge in [-0.2, -0.15) is 5.26 Å². The molecule has 0 aromatic rings. The molecule has 0 unspecified atom stereocenters. The number of hydrogen-bond donors (Lipinski definition) is 1. The second kappa shape index (κ2) is 6.52. The van der Waals surface area contributed by atoms with E-state index in [4.69, 9.17) is 11.7 Å². The zero-order valence-electron chi connectivity index (χ0n) is 8.56. The largest absolute Gasteiger partial charge is 0.306 e. The molecule has 0 aromatic heterocycles. The monoisotopic (exact) mass is 178 g/mol. The van der Waals surface area contributed by atoms with Crippen LogP contribution in [0.4, 0.5) is 0 Å². The van der Waals surface area contributed by atoms with Crippen LogP contribution in [0.15, 0.2) is 0 Å². The number of terminal acetylenes is 1. The summed E-state index contributed by atoms with van der Waals surface area (Å²) in [6.45, 7) is 5.54. The summed E-state index contributed by atoms with van der Waals surface area (Å²) >= 11 is 0. The summed E-state index contributed by atoms with van der Waals surface area (Å²) in [6.07, 6.45) is 8.21. The van der Waals surface area contributed by atoms with Gasteiger partial charge in [-0.05, 0) is 33.2 Å². The quantitative estimate of drug-likeness (QED) is 0.498. The third-order valence-corrected chi connectivity index (χ3v) is 1.94. The molecule has 0 rings (SSSR count). The molecular weight excluding hydrogens is 160 g/mol. The van der Waals surface area contributed by atoms with Crippen molar-refractivity contribution >= 4 is 0 Å². The first-order chi connectivity index (χ1) is 6.12. The van der Waals surface area contributed by atoms with Gasteiger partial charge in [0.25, 0.3) is 0 Å². The number of hydrogen-bond acceptors (Lipinski definition) is 2. The van der Waals surface area contributed by atoms with E-state index < -0.39 is 0 Å². The second-order valence-electron chi connectivity index (χ2n) is 3.83. The Morgan fingerprint density at radius 2 is 2.08 bits per heavy atom. The number of nitrogens with one attached hydrogen (secondary N) is 1. The molecule has 0 aliphatic heterocycles. The zero-order chi connectivity index (χ0) is 10.2. The minimum atomic E-state index is -0.174. The van der Waals surface area contributed by atoms with Crippen molar-refractivity contribution in [1.82, 2.24) is 5.32 Å². The highest BCUT2D eigenvalue weighted by Crippen LogP contribution is 2.21. The van der Waals surface area contributed by atoms with Crippen LogP contribution < -0.4 is 5.32 Å². The molecule has 0 aromatic carbocycles. The van der Waals surface area contributed by atoms with Gasteiger partial charge in [0.05, 0.1) is 18.0 Å². The fourth-order valence-corrected chi connectivity index (χ4v) is 1.03. The molecule has 2 heteroatoms. The first-order valence-corrected chi connectivity index (χ1v) is 4.68. The van der Waals surface area contributed by atoms with Gasteiger partial charge in [-0.25, -0.2) is 0 Å². The van der Waals surface area contributed by atoms with Crippen molar-refractivity contribution < 1.29 is 0 Å². The van der Waals surface area contributed by atoms with E-state index in [1.54, 1.807) is 0 Å². The van der Waals surface area contributed by atoms with E-state index in [-0.39, 0.29) is 5.41 Å². The third-order valence-electron chi connectivity index (χ3n) is 1.94. The van der Waals surface area contributed by atoms with Crippen LogP contribution in [0.2, 0.25) is 0 Å². The third kappa shape index (κ3) is 7.37. The molecule has 0 radical (unpaired) electrons. The Morgan fingerprint density at radius 1 is 1.38 bits per heavy atom. The summed E-state index contributed by atoms with van der Waals surface area (Å²) in [5.41, 5.74) is -0.174. The SMILES string of the molecule is C#CCNCCCCC(C)(C)C#N. The maximum Gasteiger partial charge on any atom is 0.0683 e. The fourth-order valence-electron chi connectivity index (χ4n) is 1.03. The van der Waals surface area contributed by atoms with Crippen molar-refractivity contribution in [2.24, 2.45) is 5.41 Å². The number of rotatable bonds is 6. The van der Waals surface area contributed by atoms with Gasteiger partial charge in [0, 0.05) is 0 Å². The molecule has 0 aliphatic rings. The van der Waals surface area contributed by atoms with Crippen LogP contribution in [0.5, 0.6) is 0 Å². The molecule has 0 spiro atoms. The number of nitrogens with zero attached hydrogens (tertiary/aromatic N) is 1. The van der Waals surface area contributed by atoms with E-state index in [1.165, 1.54) is 0 Å². The van der Waals surface area contributed by atoms with Crippen LogP contribution >= 0.6 is 0 Å². The molecule has 0 saturated carbocycles. The molecular formula is C11H18N2. The fraction of sp³-hybridized carbons (Fsp3) is 0.727. The van der Waals surface area contributed by atoms with Crippen molar-refractivity contribution in [2.45, 2.75) is 33.1 Å². The van der Waals surface area contributed by atoms with E-state index in [1.807, 2.05) is 13.8 Å². The Labute approximate surface area is 81.3 Å². The Balaban J connectivity index is 3.28. The number of unbranched alkanes of at least 4 members (excludes halogenated alkanes) is 1. The summed E-state index contributed by atoms with van der Waals surface area (Å²) in [5, 5.41) is 11.9. The van der Waals surface area contributed by atoms with Gasteiger partial charge in [-0.1, -0.05) is 12.3 Å². The summed E-state index contributed by atoms with van der Waals surface area (Å²) in [4.78, 5) is 0. The predicted octanol–water partition coefficient (Wildman–Crippen LogP) is 1.93. The highest BCUT2D eigenvalue weighted by atomic mass is 14.8. The Hall–Kier alpha value is -0.990. The molecule has 2 nitrogen and oxygen atoms in total. The average Bonchev–Trinajstić information content (AvgIpc) is 2.11. The molecule has 0 aliphatic carbocycles. The first kappa shape index (κ1) is 12.0. The molecule has 0 heterocycles. The van der Waals surface area contributed by atoms with Gasteiger partial charge in [0.2, 0.25) is 0 Å². The Morgan fingerprint density at radius 3 is 2.62 bits per heavy atom. The van der Waals surface area contributed by atoms with Crippen LogP contribution in [-0.4, -0.2) is 13.1 Å². The van der Waals surface area contributed by atoms with E-state index in [9.17, 15) is 0 Å². The summed E-state index contributed by atoms with van der Waals surface area (Å²) < 4.78 is 0. The lowest BCUT2D eigenvalue weighted by Crippen LogP contribution is -2.16. The van der Waals surface area contributed by atoms with Crippen LogP contribution in [0.1, 0.15) is 33.1 Å². The topological polar surface area (TPSA) is 35.8 Å². The summed E-state index contributed by atoms with van der Waals surface area (Å²) in [6, 6.07) is 2.29. The van der Waals surface area contributed by atoms with Crippen molar-refractivity contribution in [3.8, 4) is 18.4 Å². The highest BCUT2D eigenvalue weighted by molar-refractivity contribution is 4.91. The standard InChI is InChI=1S/C11H18N2/c1-4-8-13-9-6-5-7-11(2,3)10-12/h1,13H,5-9H2,2-3H3. The predicted molar refractivity (Wildman–Crippen MR) is 54.9 cm³/mol. The minimum Gasteiger partial charge on any atom is -0.306 e. The smallest absolute Gasteiger partial charge is 0.0683 e. The van der Waals surface area contributed by atoms with E-state index >= 15 is 0 Å². The van der Waals surface area contributed by atoms with E-state index in [0.717, 1.165) is 25.8 Å². The van der Waals surface area contributed by atoms with Gasteiger partial charge in [-0.3, -0.25) is 0 Å². The van der Waals surface area contributed by atoms with Crippen molar-refractivity contribution in [3.63, 3.8) is 0 Å². The minimum absolute atomic E-state index is 0.174. The lowest BCUT2D eigenvalue weighted by Gasteiger charge is -2.13. The van der Waals surface area contributed by atoms with Crippen LogP contribution in [0.3, 0.4) is 0 Å². The van der Waals surface area contributed by atoms with E-state index in [2.05, 4.69) is 17.3 Å².